The molecule has 0 bridgehead atoms. The molecule has 2 aromatic heterocycles. The Balaban J connectivity index is 1.63. The zero-order valence-electron chi connectivity index (χ0n) is 14.2. The molecular formula is C16H23N5O2S. The highest BCUT2D eigenvalue weighted by Crippen LogP contribution is 2.25. The van der Waals surface area contributed by atoms with Crippen LogP contribution in [0.3, 0.4) is 0 Å². The number of carbonyl (C=O) groups is 1. The lowest BCUT2D eigenvalue weighted by Gasteiger charge is -2.35. The third kappa shape index (κ3) is 3.66. The average Bonchev–Trinajstić information content (AvgIpc) is 3.25. The second-order valence-corrected chi connectivity index (χ2v) is 7.07. The van der Waals surface area contributed by atoms with Crippen molar-refractivity contribution in [2.75, 3.05) is 25.0 Å². The molecule has 0 saturated carbocycles. The number of carbonyl (C=O) groups excluding carboxylic acids is 1. The van der Waals surface area contributed by atoms with Crippen molar-refractivity contribution in [2.45, 2.75) is 39.0 Å². The summed E-state index contributed by atoms with van der Waals surface area (Å²) in [6, 6.07) is 1.78. The SMILES string of the molecule is CC(C)n1nccc1NC(=O)[C@H](C)N1CCO[C@@H](c2nccs2)C1. The Morgan fingerprint density at radius 1 is 1.42 bits per heavy atom. The Morgan fingerprint density at radius 3 is 2.96 bits per heavy atom. The van der Waals surface area contributed by atoms with Crippen LogP contribution in [0.4, 0.5) is 5.82 Å². The maximum absolute atomic E-state index is 12.6. The van der Waals surface area contributed by atoms with Gasteiger partial charge in [0.15, 0.2) is 0 Å². The van der Waals surface area contributed by atoms with E-state index in [0.717, 1.165) is 17.4 Å². The van der Waals surface area contributed by atoms with Gasteiger partial charge in [0.05, 0.1) is 18.8 Å². The third-order valence-corrected chi connectivity index (χ3v) is 5.03. The Kier molecular flexibility index (Phi) is 5.27. The van der Waals surface area contributed by atoms with Crippen LogP contribution < -0.4 is 5.32 Å². The van der Waals surface area contributed by atoms with Gasteiger partial charge in [-0.2, -0.15) is 5.10 Å². The minimum absolute atomic E-state index is 0.0304. The van der Waals surface area contributed by atoms with Crippen molar-refractivity contribution in [3.05, 3.63) is 28.8 Å². The fourth-order valence-electron chi connectivity index (χ4n) is 2.79. The van der Waals surface area contributed by atoms with Crippen LogP contribution in [0.1, 0.15) is 37.9 Å². The first kappa shape index (κ1) is 17.1. The summed E-state index contributed by atoms with van der Waals surface area (Å²) in [7, 11) is 0. The summed E-state index contributed by atoms with van der Waals surface area (Å²) < 4.78 is 7.61. The number of thiazole rings is 1. The number of nitrogens with one attached hydrogen (secondary N) is 1. The summed E-state index contributed by atoms with van der Waals surface area (Å²) >= 11 is 1.59. The summed E-state index contributed by atoms with van der Waals surface area (Å²) in [5.74, 6) is 0.698. The van der Waals surface area contributed by atoms with Gasteiger partial charge >= 0.3 is 0 Å². The van der Waals surface area contributed by atoms with Gasteiger partial charge in [-0.3, -0.25) is 9.69 Å². The van der Waals surface area contributed by atoms with Gasteiger partial charge in [-0.05, 0) is 20.8 Å². The summed E-state index contributed by atoms with van der Waals surface area (Å²) in [4.78, 5) is 19.1. The van der Waals surface area contributed by atoms with Crippen LogP contribution in [0, 0.1) is 0 Å². The molecule has 0 aliphatic carbocycles. The Bertz CT molecular complexity index is 670. The van der Waals surface area contributed by atoms with Gasteiger partial charge in [-0.25, -0.2) is 9.67 Å². The van der Waals surface area contributed by atoms with E-state index in [1.54, 1.807) is 23.7 Å². The molecular weight excluding hydrogens is 326 g/mol. The molecule has 1 aliphatic rings. The van der Waals surface area contributed by atoms with E-state index in [1.165, 1.54) is 0 Å². The number of rotatable bonds is 5. The Hall–Kier alpha value is -1.77. The van der Waals surface area contributed by atoms with E-state index < -0.39 is 0 Å². The molecule has 7 nitrogen and oxygen atoms in total. The average molecular weight is 349 g/mol. The number of aromatic nitrogens is 3. The van der Waals surface area contributed by atoms with E-state index in [1.807, 2.05) is 36.9 Å². The number of anilines is 1. The third-order valence-electron chi connectivity index (χ3n) is 4.16. The molecule has 3 heterocycles. The molecule has 130 valence electrons. The molecule has 1 saturated heterocycles. The summed E-state index contributed by atoms with van der Waals surface area (Å²) in [6.07, 6.45) is 3.43. The van der Waals surface area contributed by atoms with Crippen molar-refractivity contribution in [1.29, 1.82) is 0 Å². The zero-order valence-corrected chi connectivity index (χ0v) is 15.0. The van der Waals surface area contributed by atoms with Crippen LogP contribution >= 0.6 is 11.3 Å². The topological polar surface area (TPSA) is 72.3 Å². The second kappa shape index (κ2) is 7.42. The first-order valence-electron chi connectivity index (χ1n) is 8.15. The summed E-state index contributed by atoms with van der Waals surface area (Å²) in [6.45, 7) is 8.01. The van der Waals surface area contributed by atoms with Crippen LogP contribution in [0.5, 0.6) is 0 Å². The molecule has 1 N–H and O–H groups in total. The maximum atomic E-state index is 12.6. The first-order chi connectivity index (χ1) is 11.6. The van der Waals surface area contributed by atoms with Crippen LogP contribution in [0.25, 0.3) is 0 Å². The normalized spacial score (nSPS) is 20.2. The van der Waals surface area contributed by atoms with Crippen molar-refractivity contribution >= 4 is 23.1 Å². The van der Waals surface area contributed by atoms with Crippen LogP contribution in [-0.2, 0) is 9.53 Å². The van der Waals surface area contributed by atoms with Gasteiger partial charge in [0, 0.05) is 36.8 Å². The fourth-order valence-corrected chi connectivity index (χ4v) is 3.46. The fraction of sp³-hybridized carbons (Fsp3) is 0.562. The van der Waals surface area contributed by atoms with Crippen LogP contribution in [0.2, 0.25) is 0 Å². The standard InChI is InChI=1S/C16H23N5O2S/c1-11(2)21-14(4-5-18-21)19-15(22)12(3)20-7-8-23-13(10-20)16-17-6-9-24-16/h4-6,9,11-13H,7-8,10H2,1-3H3,(H,19,22)/t12-,13+/m0/s1. The van der Waals surface area contributed by atoms with E-state index in [9.17, 15) is 4.79 Å². The Labute approximate surface area is 145 Å². The molecule has 0 spiro atoms. The van der Waals surface area contributed by atoms with Crippen molar-refractivity contribution in [2.24, 2.45) is 0 Å². The molecule has 0 aromatic carbocycles. The molecule has 1 aliphatic heterocycles. The zero-order chi connectivity index (χ0) is 17.1. The van der Waals surface area contributed by atoms with Crippen LogP contribution in [-0.4, -0.2) is 51.3 Å². The number of ether oxygens (including phenoxy) is 1. The van der Waals surface area contributed by atoms with Crippen molar-refractivity contribution in [3.8, 4) is 0 Å². The van der Waals surface area contributed by atoms with Gasteiger partial charge in [0.25, 0.3) is 0 Å². The summed E-state index contributed by atoms with van der Waals surface area (Å²) in [5, 5.41) is 10.1. The smallest absolute Gasteiger partial charge is 0.242 e. The minimum atomic E-state index is -0.244. The van der Waals surface area contributed by atoms with Gasteiger partial charge in [-0.1, -0.05) is 0 Å². The van der Waals surface area contributed by atoms with E-state index in [4.69, 9.17) is 4.74 Å². The van der Waals surface area contributed by atoms with Crippen molar-refractivity contribution in [1.82, 2.24) is 19.7 Å². The molecule has 8 heteroatoms. The molecule has 24 heavy (non-hydrogen) atoms. The molecule has 2 atom stereocenters. The number of morpholine rings is 1. The van der Waals surface area contributed by atoms with Gasteiger partial charge in [0.1, 0.15) is 16.9 Å². The highest BCUT2D eigenvalue weighted by molar-refractivity contribution is 7.09. The van der Waals surface area contributed by atoms with E-state index in [0.29, 0.717) is 13.2 Å². The number of amides is 1. The van der Waals surface area contributed by atoms with E-state index in [-0.39, 0.29) is 24.1 Å². The van der Waals surface area contributed by atoms with Gasteiger partial charge in [-0.15, -0.1) is 11.3 Å². The minimum Gasteiger partial charge on any atom is -0.368 e. The molecule has 2 aromatic rings. The molecule has 0 unspecified atom stereocenters. The molecule has 0 radical (unpaired) electrons. The quantitative estimate of drug-likeness (QED) is 0.897. The monoisotopic (exact) mass is 349 g/mol. The molecule has 3 rings (SSSR count). The Morgan fingerprint density at radius 2 is 2.25 bits per heavy atom. The first-order valence-corrected chi connectivity index (χ1v) is 9.03. The van der Waals surface area contributed by atoms with Crippen molar-refractivity contribution < 1.29 is 9.53 Å². The van der Waals surface area contributed by atoms with Gasteiger partial charge in [0.2, 0.25) is 5.91 Å². The van der Waals surface area contributed by atoms with E-state index in [2.05, 4.69) is 20.3 Å². The molecule has 1 fully saturated rings. The largest absolute Gasteiger partial charge is 0.368 e. The highest BCUT2D eigenvalue weighted by Gasteiger charge is 2.30. The van der Waals surface area contributed by atoms with Crippen molar-refractivity contribution in [3.63, 3.8) is 0 Å². The lowest BCUT2D eigenvalue weighted by atomic mass is 10.2. The summed E-state index contributed by atoms with van der Waals surface area (Å²) in [5.41, 5.74) is 0. The lowest BCUT2D eigenvalue weighted by Crippen LogP contribution is -2.48. The predicted octanol–water partition coefficient (Wildman–Crippen LogP) is 2.32. The van der Waals surface area contributed by atoms with E-state index >= 15 is 0 Å². The van der Waals surface area contributed by atoms with Crippen LogP contribution in [0.15, 0.2) is 23.8 Å². The highest BCUT2D eigenvalue weighted by atomic mass is 32.1. The maximum Gasteiger partial charge on any atom is 0.242 e. The number of hydrogen-bond acceptors (Lipinski definition) is 6. The van der Waals surface area contributed by atoms with Gasteiger partial charge < -0.3 is 10.1 Å². The number of nitrogens with zero attached hydrogens (tertiary/aromatic N) is 4. The predicted molar refractivity (Wildman–Crippen MR) is 93.1 cm³/mol. The molecule has 1 amide bonds. The lowest BCUT2D eigenvalue weighted by molar-refractivity contribution is -0.124. The number of hydrogen-bond donors (Lipinski definition) is 1. The second-order valence-electron chi connectivity index (χ2n) is 6.14.